The highest BCUT2D eigenvalue weighted by atomic mass is 16.1. The van der Waals surface area contributed by atoms with E-state index in [1.54, 1.807) is 0 Å². The van der Waals surface area contributed by atoms with Gasteiger partial charge >= 0.3 is 0 Å². The molecule has 0 unspecified atom stereocenters. The van der Waals surface area contributed by atoms with Gasteiger partial charge in [0.15, 0.2) is 0 Å². The number of amides is 1. The minimum absolute atomic E-state index is 0.203. The van der Waals surface area contributed by atoms with Gasteiger partial charge in [-0.15, -0.1) is 0 Å². The summed E-state index contributed by atoms with van der Waals surface area (Å²) in [5.74, 6) is 1.06. The van der Waals surface area contributed by atoms with E-state index in [0.29, 0.717) is 12.5 Å². The SMILES string of the molecule is CCC(=O)NC1CCC(C)CC1. The van der Waals surface area contributed by atoms with E-state index in [-0.39, 0.29) is 5.91 Å². The molecular weight excluding hydrogens is 150 g/mol. The van der Waals surface area contributed by atoms with Crippen LogP contribution in [-0.4, -0.2) is 11.9 Å². The average molecular weight is 169 g/mol. The number of hydrogen-bond donors (Lipinski definition) is 1. The maximum atomic E-state index is 11.1. The Balaban J connectivity index is 2.21. The van der Waals surface area contributed by atoms with Gasteiger partial charge in [-0.3, -0.25) is 4.79 Å². The van der Waals surface area contributed by atoms with Crippen LogP contribution in [0.5, 0.6) is 0 Å². The van der Waals surface area contributed by atoms with Gasteiger partial charge in [-0.25, -0.2) is 0 Å². The van der Waals surface area contributed by atoms with Crippen molar-refractivity contribution in [1.29, 1.82) is 0 Å². The van der Waals surface area contributed by atoms with Gasteiger partial charge in [0.25, 0.3) is 0 Å². The smallest absolute Gasteiger partial charge is 0.219 e. The van der Waals surface area contributed by atoms with Gasteiger partial charge < -0.3 is 5.32 Å². The Bertz CT molecular complexity index is 148. The lowest BCUT2D eigenvalue weighted by Crippen LogP contribution is -2.36. The number of rotatable bonds is 2. The van der Waals surface area contributed by atoms with Gasteiger partial charge in [0.2, 0.25) is 5.91 Å². The molecule has 2 nitrogen and oxygen atoms in total. The standard InChI is InChI=1S/C10H19NO/c1-3-10(12)11-9-6-4-8(2)5-7-9/h8-9H,3-7H2,1-2H3,(H,11,12). The van der Waals surface area contributed by atoms with Gasteiger partial charge in [0.05, 0.1) is 0 Å². The van der Waals surface area contributed by atoms with Crippen LogP contribution in [0.1, 0.15) is 46.0 Å². The first kappa shape index (κ1) is 9.56. The third-order valence-corrected chi connectivity index (χ3v) is 2.70. The van der Waals surface area contributed by atoms with Crippen molar-refractivity contribution in [1.82, 2.24) is 5.32 Å². The van der Waals surface area contributed by atoms with Crippen LogP contribution in [0.25, 0.3) is 0 Å². The summed E-state index contributed by atoms with van der Waals surface area (Å²) < 4.78 is 0. The van der Waals surface area contributed by atoms with Gasteiger partial charge in [0, 0.05) is 12.5 Å². The largest absolute Gasteiger partial charge is 0.353 e. The molecule has 1 saturated carbocycles. The summed E-state index contributed by atoms with van der Waals surface area (Å²) in [6.07, 6.45) is 5.51. The summed E-state index contributed by atoms with van der Waals surface area (Å²) in [6.45, 7) is 4.19. The Morgan fingerprint density at radius 2 is 1.92 bits per heavy atom. The summed E-state index contributed by atoms with van der Waals surface area (Å²) in [6, 6.07) is 0.466. The van der Waals surface area contributed by atoms with E-state index in [0.717, 1.165) is 5.92 Å². The monoisotopic (exact) mass is 169 g/mol. The molecule has 1 N–H and O–H groups in total. The van der Waals surface area contributed by atoms with Crippen LogP contribution >= 0.6 is 0 Å². The summed E-state index contributed by atoms with van der Waals surface area (Å²) in [7, 11) is 0. The molecule has 0 aromatic rings. The fourth-order valence-electron chi connectivity index (χ4n) is 1.73. The molecular formula is C10H19NO. The molecule has 0 bridgehead atoms. The van der Waals surface area contributed by atoms with Crippen LogP contribution in [0.4, 0.5) is 0 Å². The molecule has 0 aromatic carbocycles. The normalized spacial score (nSPS) is 29.8. The van der Waals surface area contributed by atoms with Gasteiger partial charge in [-0.1, -0.05) is 13.8 Å². The molecule has 12 heavy (non-hydrogen) atoms. The quantitative estimate of drug-likeness (QED) is 0.673. The predicted molar refractivity (Wildman–Crippen MR) is 49.9 cm³/mol. The number of carbonyl (C=O) groups is 1. The Hall–Kier alpha value is -0.530. The molecule has 1 fully saturated rings. The van der Waals surface area contributed by atoms with Crippen LogP contribution in [0.15, 0.2) is 0 Å². The van der Waals surface area contributed by atoms with E-state index in [4.69, 9.17) is 0 Å². The first-order chi connectivity index (χ1) is 5.72. The molecule has 0 radical (unpaired) electrons. The summed E-state index contributed by atoms with van der Waals surface area (Å²) >= 11 is 0. The Morgan fingerprint density at radius 3 is 2.42 bits per heavy atom. The van der Waals surface area contributed by atoms with Crippen molar-refractivity contribution >= 4 is 5.91 Å². The van der Waals surface area contributed by atoms with E-state index >= 15 is 0 Å². The van der Waals surface area contributed by atoms with E-state index in [1.165, 1.54) is 25.7 Å². The molecule has 1 amide bonds. The van der Waals surface area contributed by atoms with Crippen molar-refractivity contribution in [3.8, 4) is 0 Å². The van der Waals surface area contributed by atoms with Crippen molar-refractivity contribution in [3.63, 3.8) is 0 Å². The van der Waals surface area contributed by atoms with E-state index in [2.05, 4.69) is 12.2 Å². The maximum Gasteiger partial charge on any atom is 0.219 e. The maximum absolute atomic E-state index is 11.1. The molecule has 70 valence electrons. The molecule has 0 heterocycles. The first-order valence-electron chi connectivity index (χ1n) is 5.01. The van der Waals surface area contributed by atoms with Gasteiger partial charge in [0.1, 0.15) is 0 Å². The second-order valence-corrected chi connectivity index (χ2v) is 3.88. The molecule has 1 aliphatic rings. The van der Waals surface area contributed by atoms with Crippen LogP contribution in [0.2, 0.25) is 0 Å². The Labute approximate surface area is 74.7 Å². The minimum Gasteiger partial charge on any atom is -0.353 e. The predicted octanol–water partition coefficient (Wildman–Crippen LogP) is 2.09. The van der Waals surface area contributed by atoms with E-state index in [1.807, 2.05) is 6.92 Å². The highest BCUT2D eigenvalue weighted by Gasteiger charge is 2.18. The number of carbonyl (C=O) groups excluding carboxylic acids is 1. The fourth-order valence-corrected chi connectivity index (χ4v) is 1.73. The van der Waals surface area contributed by atoms with Crippen LogP contribution < -0.4 is 5.32 Å². The molecule has 1 rings (SSSR count). The molecule has 0 aliphatic heterocycles. The van der Waals surface area contributed by atoms with E-state index < -0.39 is 0 Å². The van der Waals surface area contributed by atoms with Crippen molar-refractivity contribution in [2.45, 2.75) is 52.0 Å². The highest BCUT2D eigenvalue weighted by molar-refractivity contribution is 5.75. The Morgan fingerprint density at radius 1 is 1.33 bits per heavy atom. The van der Waals surface area contributed by atoms with Crippen LogP contribution in [-0.2, 0) is 4.79 Å². The lowest BCUT2D eigenvalue weighted by Gasteiger charge is -2.26. The molecule has 0 atom stereocenters. The highest BCUT2D eigenvalue weighted by Crippen LogP contribution is 2.23. The summed E-state index contributed by atoms with van der Waals surface area (Å²) in [4.78, 5) is 11.1. The van der Waals surface area contributed by atoms with Crippen molar-refractivity contribution < 1.29 is 4.79 Å². The van der Waals surface area contributed by atoms with Crippen molar-refractivity contribution in [2.75, 3.05) is 0 Å². The zero-order chi connectivity index (χ0) is 8.97. The van der Waals surface area contributed by atoms with E-state index in [9.17, 15) is 4.79 Å². The lowest BCUT2D eigenvalue weighted by atomic mass is 9.87. The Kier molecular flexibility index (Phi) is 3.57. The second-order valence-electron chi connectivity index (χ2n) is 3.88. The van der Waals surface area contributed by atoms with Gasteiger partial charge in [-0.05, 0) is 31.6 Å². The van der Waals surface area contributed by atoms with Gasteiger partial charge in [-0.2, -0.15) is 0 Å². The first-order valence-corrected chi connectivity index (χ1v) is 5.01. The fraction of sp³-hybridized carbons (Fsp3) is 0.900. The molecule has 0 aromatic heterocycles. The third kappa shape index (κ3) is 2.84. The topological polar surface area (TPSA) is 29.1 Å². The third-order valence-electron chi connectivity index (χ3n) is 2.70. The minimum atomic E-state index is 0.203. The zero-order valence-corrected chi connectivity index (χ0v) is 8.10. The lowest BCUT2D eigenvalue weighted by molar-refractivity contribution is -0.121. The van der Waals surface area contributed by atoms with Crippen LogP contribution in [0, 0.1) is 5.92 Å². The molecule has 2 heteroatoms. The van der Waals surface area contributed by atoms with Crippen molar-refractivity contribution in [3.05, 3.63) is 0 Å². The summed E-state index contributed by atoms with van der Waals surface area (Å²) in [5, 5.41) is 3.05. The van der Waals surface area contributed by atoms with Crippen molar-refractivity contribution in [2.24, 2.45) is 5.92 Å². The second kappa shape index (κ2) is 4.48. The molecule has 0 saturated heterocycles. The molecule has 1 aliphatic carbocycles. The average Bonchev–Trinajstić information content (AvgIpc) is 2.09. The summed E-state index contributed by atoms with van der Waals surface area (Å²) in [5.41, 5.74) is 0. The number of nitrogens with one attached hydrogen (secondary N) is 1. The zero-order valence-electron chi connectivity index (χ0n) is 8.10. The van der Waals surface area contributed by atoms with Crippen LogP contribution in [0.3, 0.4) is 0 Å². The number of hydrogen-bond acceptors (Lipinski definition) is 1. The molecule has 0 spiro atoms.